The molecule has 2 unspecified atom stereocenters. The quantitative estimate of drug-likeness (QED) is 0.828. The highest BCUT2D eigenvalue weighted by Crippen LogP contribution is 2.18. The first kappa shape index (κ1) is 14.5. The number of rotatable bonds is 6. The molecule has 1 aromatic carbocycles. The Bertz CT molecular complexity index is 381. The minimum absolute atomic E-state index is 0.380. The standard InChI is InChI=1S/C16H26N2O/c1-2-19-12-14-7-4-3-6-13(14)11-18-16-9-5-8-15(17)10-16/h3-4,6-7,15-16,18H,2,5,8-12,17H2,1H3. The average molecular weight is 262 g/mol. The Labute approximate surface area is 116 Å². The normalized spacial score (nSPS) is 23.5. The lowest BCUT2D eigenvalue weighted by atomic mass is 9.91. The van der Waals surface area contributed by atoms with Crippen LogP contribution in [0.15, 0.2) is 24.3 Å². The molecule has 0 heterocycles. The fourth-order valence-corrected chi connectivity index (χ4v) is 2.75. The Hall–Kier alpha value is -0.900. The van der Waals surface area contributed by atoms with Crippen molar-refractivity contribution >= 4 is 0 Å². The maximum absolute atomic E-state index is 6.03. The lowest BCUT2D eigenvalue weighted by Crippen LogP contribution is -2.39. The summed E-state index contributed by atoms with van der Waals surface area (Å²) in [7, 11) is 0. The summed E-state index contributed by atoms with van der Waals surface area (Å²) in [5.41, 5.74) is 8.66. The fraction of sp³-hybridized carbons (Fsp3) is 0.625. The van der Waals surface area contributed by atoms with E-state index >= 15 is 0 Å². The van der Waals surface area contributed by atoms with Crippen molar-refractivity contribution in [2.45, 2.75) is 57.8 Å². The van der Waals surface area contributed by atoms with Crippen LogP contribution in [-0.2, 0) is 17.9 Å². The highest BCUT2D eigenvalue weighted by Gasteiger charge is 2.18. The van der Waals surface area contributed by atoms with Crippen LogP contribution in [0.3, 0.4) is 0 Å². The fourth-order valence-electron chi connectivity index (χ4n) is 2.75. The monoisotopic (exact) mass is 262 g/mol. The van der Waals surface area contributed by atoms with E-state index in [4.69, 9.17) is 10.5 Å². The summed E-state index contributed by atoms with van der Waals surface area (Å²) in [5.74, 6) is 0. The molecule has 2 rings (SSSR count). The third kappa shape index (κ3) is 4.60. The lowest BCUT2D eigenvalue weighted by Gasteiger charge is -2.27. The molecule has 0 saturated heterocycles. The Morgan fingerprint density at radius 2 is 2.05 bits per heavy atom. The van der Waals surface area contributed by atoms with Crippen LogP contribution in [0.1, 0.15) is 43.7 Å². The molecular weight excluding hydrogens is 236 g/mol. The molecule has 0 spiro atoms. The second-order valence-electron chi connectivity index (χ2n) is 5.41. The molecule has 1 saturated carbocycles. The van der Waals surface area contributed by atoms with Crippen LogP contribution in [0, 0.1) is 0 Å². The molecule has 1 fully saturated rings. The van der Waals surface area contributed by atoms with Gasteiger partial charge < -0.3 is 15.8 Å². The molecule has 19 heavy (non-hydrogen) atoms. The van der Waals surface area contributed by atoms with Crippen molar-refractivity contribution < 1.29 is 4.74 Å². The molecule has 3 nitrogen and oxygen atoms in total. The van der Waals surface area contributed by atoms with E-state index in [0.29, 0.717) is 18.7 Å². The lowest BCUT2D eigenvalue weighted by molar-refractivity contribution is 0.133. The molecule has 0 radical (unpaired) electrons. The van der Waals surface area contributed by atoms with Gasteiger partial charge in [0, 0.05) is 25.2 Å². The van der Waals surface area contributed by atoms with Gasteiger partial charge in [-0.2, -0.15) is 0 Å². The van der Waals surface area contributed by atoms with Gasteiger partial charge in [0.25, 0.3) is 0 Å². The van der Waals surface area contributed by atoms with Gasteiger partial charge in [-0.25, -0.2) is 0 Å². The number of benzene rings is 1. The second kappa shape index (κ2) is 7.63. The number of nitrogens with one attached hydrogen (secondary N) is 1. The molecule has 0 bridgehead atoms. The molecule has 1 aromatic rings. The van der Waals surface area contributed by atoms with Gasteiger partial charge in [0.15, 0.2) is 0 Å². The third-order valence-corrected chi connectivity index (χ3v) is 3.88. The summed E-state index contributed by atoms with van der Waals surface area (Å²) >= 11 is 0. The number of hydrogen-bond donors (Lipinski definition) is 2. The predicted molar refractivity (Wildman–Crippen MR) is 78.8 cm³/mol. The van der Waals surface area contributed by atoms with Gasteiger partial charge in [-0.1, -0.05) is 30.7 Å². The van der Waals surface area contributed by atoms with E-state index in [2.05, 4.69) is 29.6 Å². The maximum Gasteiger partial charge on any atom is 0.0719 e. The Morgan fingerprint density at radius 3 is 2.79 bits per heavy atom. The van der Waals surface area contributed by atoms with Crippen LogP contribution in [0.2, 0.25) is 0 Å². The van der Waals surface area contributed by atoms with E-state index in [9.17, 15) is 0 Å². The Kier molecular flexibility index (Phi) is 5.83. The molecule has 106 valence electrons. The van der Waals surface area contributed by atoms with Gasteiger partial charge in [-0.15, -0.1) is 0 Å². The van der Waals surface area contributed by atoms with Gasteiger partial charge >= 0.3 is 0 Å². The molecule has 1 aliphatic carbocycles. The van der Waals surface area contributed by atoms with E-state index < -0.39 is 0 Å². The van der Waals surface area contributed by atoms with Crippen molar-refractivity contribution in [2.24, 2.45) is 5.73 Å². The summed E-state index contributed by atoms with van der Waals surface area (Å²) < 4.78 is 5.52. The van der Waals surface area contributed by atoms with Gasteiger partial charge in [0.2, 0.25) is 0 Å². The van der Waals surface area contributed by atoms with Crippen LogP contribution >= 0.6 is 0 Å². The first-order valence-electron chi connectivity index (χ1n) is 7.43. The van der Waals surface area contributed by atoms with Gasteiger partial charge in [0.1, 0.15) is 0 Å². The highest BCUT2D eigenvalue weighted by atomic mass is 16.5. The van der Waals surface area contributed by atoms with Crippen molar-refractivity contribution in [1.29, 1.82) is 0 Å². The third-order valence-electron chi connectivity index (χ3n) is 3.88. The summed E-state index contributed by atoms with van der Waals surface area (Å²) in [4.78, 5) is 0. The predicted octanol–water partition coefficient (Wildman–Crippen LogP) is 2.58. The topological polar surface area (TPSA) is 47.3 Å². The van der Waals surface area contributed by atoms with Crippen LogP contribution in [0.25, 0.3) is 0 Å². The van der Waals surface area contributed by atoms with E-state index in [1.165, 1.54) is 30.4 Å². The Morgan fingerprint density at radius 1 is 1.26 bits per heavy atom. The number of hydrogen-bond acceptors (Lipinski definition) is 3. The number of ether oxygens (including phenoxy) is 1. The first-order valence-corrected chi connectivity index (χ1v) is 7.43. The van der Waals surface area contributed by atoms with Crippen LogP contribution in [0.5, 0.6) is 0 Å². The Balaban J connectivity index is 1.87. The van der Waals surface area contributed by atoms with E-state index in [-0.39, 0.29) is 0 Å². The van der Waals surface area contributed by atoms with E-state index in [1.54, 1.807) is 0 Å². The van der Waals surface area contributed by atoms with Crippen molar-refractivity contribution in [3.63, 3.8) is 0 Å². The maximum atomic E-state index is 6.03. The molecule has 0 aliphatic heterocycles. The summed E-state index contributed by atoms with van der Waals surface area (Å²) in [5, 5.41) is 3.65. The average Bonchev–Trinajstić information content (AvgIpc) is 2.44. The summed E-state index contributed by atoms with van der Waals surface area (Å²) in [6.07, 6.45) is 4.79. The minimum Gasteiger partial charge on any atom is -0.377 e. The smallest absolute Gasteiger partial charge is 0.0719 e. The summed E-state index contributed by atoms with van der Waals surface area (Å²) in [6.45, 7) is 4.42. The van der Waals surface area contributed by atoms with E-state index in [1.807, 2.05) is 6.92 Å². The second-order valence-corrected chi connectivity index (χ2v) is 5.41. The SMILES string of the molecule is CCOCc1ccccc1CNC1CCCC(N)C1. The minimum atomic E-state index is 0.380. The molecule has 1 aliphatic rings. The van der Waals surface area contributed by atoms with Crippen molar-refractivity contribution in [3.05, 3.63) is 35.4 Å². The van der Waals surface area contributed by atoms with Crippen molar-refractivity contribution in [2.75, 3.05) is 6.61 Å². The highest BCUT2D eigenvalue weighted by molar-refractivity contribution is 5.26. The van der Waals surface area contributed by atoms with Crippen LogP contribution in [-0.4, -0.2) is 18.7 Å². The number of nitrogens with two attached hydrogens (primary N) is 1. The molecule has 0 amide bonds. The summed E-state index contributed by atoms with van der Waals surface area (Å²) in [6, 6.07) is 9.46. The molecule has 0 aromatic heterocycles. The van der Waals surface area contributed by atoms with Crippen molar-refractivity contribution in [3.8, 4) is 0 Å². The van der Waals surface area contributed by atoms with Gasteiger partial charge in [-0.3, -0.25) is 0 Å². The van der Waals surface area contributed by atoms with Crippen LogP contribution < -0.4 is 11.1 Å². The van der Waals surface area contributed by atoms with Crippen molar-refractivity contribution in [1.82, 2.24) is 5.32 Å². The zero-order valence-electron chi connectivity index (χ0n) is 11.9. The largest absolute Gasteiger partial charge is 0.377 e. The van der Waals surface area contributed by atoms with Gasteiger partial charge in [0.05, 0.1) is 6.61 Å². The zero-order valence-corrected chi connectivity index (χ0v) is 11.9. The molecule has 3 heteroatoms. The zero-order chi connectivity index (χ0) is 13.5. The first-order chi connectivity index (χ1) is 9.29. The molecule has 3 N–H and O–H groups in total. The van der Waals surface area contributed by atoms with Gasteiger partial charge in [-0.05, 0) is 37.3 Å². The van der Waals surface area contributed by atoms with E-state index in [0.717, 1.165) is 19.6 Å². The van der Waals surface area contributed by atoms with Crippen LogP contribution in [0.4, 0.5) is 0 Å². The molecular formula is C16H26N2O. The molecule has 2 atom stereocenters.